The van der Waals surface area contributed by atoms with Crippen molar-refractivity contribution in [1.82, 2.24) is 9.88 Å². The lowest BCUT2D eigenvalue weighted by Crippen LogP contribution is -2.37. The first-order chi connectivity index (χ1) is 12.2. The first kappa shape index (κ1) is 17.4. The molecule has 0 unspecified atom stereocenters. The molecule has 0 saturated carbocycles. The summed E-state index contributed by atoms with van der Waals surface area (Å²) in [5, 5.41) is 0. The summed E-state index contributed by atoms with van der Waals surface area (Å²) in [6.07, 6.45) is 5.38. The van der Waals surface area contributed by atoms with Crippen LogP contribution in [0.3, 0.4) is 0 Å². The third-order valence-electron chi connectivity index (χ3n) is 4.26. The number of ether oxygens (including phenoxy) is 2. The minimum absolute atomic E-state index is 0.0353. The molecule has 6 heteroatoms. The minimum atomic E-state index is -0.487. The zero-order chi connectivity index (χ0) is 17.6. The molecule has 0 spiro atoms. The van der Waals surface area contributed by atoms with Crippen molar-refractivity contribution in [3.8, 4) is 5.75 Å². The Morgan fingerprint density at radius 3 is 2.84 bits per heavy atom. The van der Waals surface area contributed by atoms with Crippen LogP contribution in [0.25, 0.3) is 0 Å². The standard InChI is InChI=1S/C19H21FN2O3/c1-24-18-11-15(4-5-17(18)20)19(23)22(13-16-3-2-10-25-16)12-14-6-8-21-9-7-14/h4-9,11,16H,2-3,10,12-13H2,1H3/t16-/m1/s1. The van der Waals surface area contributed by atoms with Crippen molar-refractivity contribution in [3.63, 3.8) is 0 Å². The van der Waals surface area contributed by atoms with Gasteiger partial charge < -0.3 is 14.4 Å². The van der Waals surface area contributed by atoms with Crippen molar-refractivity contribution in [2.75, 3.05) is 20.3 Å². The number of benzene rings is 1. The van der Waals surface area contributed by atoms with Crippen molar-refractivity contribution in [3.05, 3.63) is 59.7 Å². The van der Waals surface area contributed by atoms with Crippen LogP contribution in [0, 0.1) is 5.82 Å². The number of amides is 1. The highest BCUT2D eigenvalue weighted by atomic mass is 19.1. The number of pyridine rings is 1. The topological polar surface area (TPSA) is 51.7 Å². The second-order valence-corrected chi connectivity index (χ2v) is 6.03. The predicted octanol–water partition coefficient (Wildman–Crippen LogP) is 3.05. The quantitative estimate of drug-likeness (QED) is 0.808. The Kier molecular flexibility index (Phi) is 5.60. The molecule has 5 nitrogen and oxygen atoms in total. The van der Waals surface area contributed by atoms with Gasteiger partial charge in [0.05, 0.1) is 13.2 Å². The van der Waals surface area contributed by atoms with Crippen LogP contribution in [0.15, 0.2) is 42.7 Å². The van der Waals surface area contributed by atoms with Gasteiger partial charge in [-0.1, -0.05) is 0 Å². The second-order valence-electron chi connectivity index (χ2n) is 6.03. The SMILES string of the molecule is COc1cc(C(=O)N(Cc2ccncc2)C[C@H]2CCCO2)ccc1F. The van der Waals surface area contributed by atoms with E-state index in [0.717, 1.165) is 25.0 Å². The van der Waals surface area contributed by atoms with Crippen LogP contribution < -0.4 is 4.74 Å². The molecule has 1 aliphatic heterocycles. The van der Waals surface area contributed by atoms with Crippen LogP contribution in [0.2, 0.25) is 0 Å². The third-order valence-corrected chi connectivity index (χ3v) is 4.26. The van der Waals surface area contributed by atoms with Gasteiger partial charge in [0.1, 0.15) is 0 Å². The molecule has 1 amide bonds. The van der Waals surface area contributed by atoms with Gasteiger partial charge in [0, 0.05) is 37.7 Å². The smallest absolute Gasteiger partial charge is 0.254 e. The van der Waals surface area contributed by atoms with Crippen molar-refractivity contribution in [2.24, 2.45) is 0 Å². The molecular weight excluding hydrogens is 323 g/mol. The molecule has 2 heterocycles. The van der Waals surface area contributed by atoms with E-state index in [9.17, 15) is 9.18 Å². The fourth-order valence-corrected chi connectivity index (χ4v) is 2.94. The van der Waals surface area contributed by atoms with Crippen LogP contribution in [-0.4, -0.2) is 42.2 Å². The summed E-state index contributed by atoms with van der Waals surface area (Å²) in [6.45, 7) is 1.67. The van der Waals surface area contributed by atoms with E-state index < -0.39 is 5.82 Å². The summed E-state index contributed by atoms with van der Waals surface area (Å²) in [5.74, 6) is -0.601. The number of methoxy groups -OCH3 is 1. The lowest BCUT2D eigenvalue weighted by molar-refractivity contribution is 0.0507. The molecule has 3 rings (SSSR count). The Balaban J connectivity index is 1.82. The van der Waals surface area contributed by atoms with Crippen molar-refractivity contribution < 1.29 is 18.7 Å². The zero-order valence-corrected chi connectivity index (χ0v) is 14.2. The largest absolute Gasteiger partial charge is 0.494 e. The first-order valence-electron chi connectivity index (χ1n) is 8.30. The summed E-state index contributed by atoms with van der Waals surface area (Å²) < 4.78 is 24.3. The lowest BCUT2D eigenvalue weighted by Gasteiger charge is -2.26. The molecule has 1 aromatic carbocycles. The van der Waals surface area contributed by atoms with Gasteiger partial charge in [0.15, 0.2) is 11.6 Å². The molecular formula is C19H21FN2O3. The normalized spacial score (nSPS) is 16.6. The maximum Gasteiger partial charge on any atom is 0.254 e. The molecule has 1 aromatic heterocycles. The molecule has 1 fully saturated rings. The van der Waals surface area contributed by atoms with Crippen molar-refractivity contribution in [2.45, 2.75) is 25.5 Å². The summed E-state index contributed by atoms with van der Waals surface area (Å²) in [6, 6.07) is 7.92. The van der Waals surface area contributed by atoms with Gasteiger partial charge in [-0.05, 0) is 48.7 Å². The molecule has 1 aliphatic rings. The average Bonchev–Trinajstić information content (AvgIpc) is 3.15. The van der Waals surface area contributed by atoms with E-state index in [1.807, 2.05) is 12.1 Å². The van der Waals surface area contributed by atoms with Gasteiger partial charge in [0.25, 0.3) is 5.91 Å². The summed E-state index contributed by atoms with van der Waals surface area (Å²) in [7, 11) is 1.38. The first-order valence-corrected chi connectivity index (χ1v) is 8.30. The van der Waals surface area contributed by atoms with Gasteiger partial charge in [-0.15, -0.1) is 0 Å². The monoisotopic (exact) mass is 344 g/mol. The summed E-state index contributed by atoms with van der Waals surface area (Å²) in [5.41, 5.74) is 1.38. The van der Waals surface area contributed by atoms with E-state index in [0.29, 0.717) is 18.7 Å². The van der Waals surface area contributed by atoms with Crippen LogP contribution in [-0.2, 0) is 11.3 Å². The number of hydrogen-bond donors (Lipinski definition) is 0. The highest BCUT2D eigenvalue weighted by Gasteiger charge is 2.24. The molecule has 25 heavy (non-hydrogen) atoms. The van der Waals surface area contributed by atoms with Crippen LogP contribution in [0.5, 0.6) is 5.75 Å². The second kappa shape index (κ2) is 8.07. The lowest BCUT2D eigenvalue weighted by atomic mass is 10.1. The van der Waals surface area contributed by atoms with Crippen LogP contribution >= 0.6 is 0 Å². The molecule has 0 aliphatic carbocycles. The number of rotatable bonds is 6. The van der Waals surface area contributed by atoms with Crippen molar-refractivity contribution >= 4 is 5.91 Å². The van der Waals surface area contributed by atoms with Gasteiger partial charge in [0.2, 0.25) is 0 Å². The van der Waals surface area contributed by atoms with Gasteiger partial charge in [-0.2, -0.15) is 0 Å². The molecule has 0 bridgehead atoms. The predicted molar refractivity (Wildman–Crippen MR) is 90.9 cm³/mol. The van der Waals surface area contributed by atoms with E-state index in [2.05, 4.69) is 4.98 Å². The Morgan fingerprint density at radius 2 is 2.16 bits per heavy atom. The number of carbonyl (C=O) groups is 1. The Hall–Kier alpha value is -2.47. The maximum absolute atomic E-state index is 13.6. The number of nitrogens with zero attached hydrogens (tertiary/aromatic N) is 2. The fourth-order valence-electron chi connectivity index (χ4n) is 2.94. The molecule has 1 saturated heterocycles. The maximum atomic E-state index is 13.6. The van der Waals surface area contributed by atoms with Gasteiger partial charge in [-0.25, -0.2) is 4.39 Å². The zero-order valence-electron chi connectivity index (χ0n) is 14.2. The molecule has 0 N–H and O–H groups in total. The third kappa shape index (κ3) is 4.33. The van der Waals surface area contributed by atoms with Crippen molar-refractivity contribution in [1.29, 1.82) is 0 Å². The average molecular weight is 344 g/mol. The van der Waals surface area contributed by atoms with Crippen LogP contribution in [0.4, 0.5) is 4.39 Å². The van der Waals surface area contributed by atoms with Gasteiger partial charge in [-0.3, -0.25) is 9.78 Å². The van der Waals surface area contributed by atoms with E-state index in [-0.39, 0.29) is 17.8 Å². The van der Waals surface area contributed by atoms with E-state index in [4.69, 9.17) is 9.47 Å². The summed E-state index contributed by atoms with van der Waals surface area (Å²) >= 11 is 0. The number of hydrogen-bond acceptors (Lipinski definition) is 4. The highest BCUT2D eigenvalue weighted by molar-refractivity contribution is 5.94. The number of aromatic nitrogens is 1. The minimum Gasteiger partial charge on any atom is -0.494 e. The Bertz CT molecular complexity index is 718. The van der Waals surface area contributed by atoms with E-state index >= 15 is 0 Å². The Morgan fingerprint density at radius 1 is 1.36 bits per heavy atom. The highest BCUT2D eigenvalue weighted by Crippen LogP contribution is 2.21. The Labute approximate surface area is 146 Å². The fraction of sp³-hybridized carbons (Fsp3) is 0.368. The summed E-state index contributed by atoms with van der Waals surface area (Å²) in [4.78, 5) is 18.7. The molecule has 2 aromatic rings. The number of halogens is 1. The molecule has 132 valence electrons. The number of carbonyl (C=O) groups excluding carboxylic acids is 1. The van der Waals surface area contributed by atoms with E-state index in [1.165, 1.54) is 25.3 Å². The molecule has 0 radical (unpaired) electrons. The van der Waals surface area contributed by atoms with Gasteiger partial charge >= 0.3 is 0 Å². The molecule has 1 atom stereocenters. The van der Waals surface area contributed by atoms with Crippen LogP contribution in [0.1, 0.15) is 28.8 Å². The van der Waals surface area contributed by atoms with E-state index in [1.54, 1.807) is 17.3 Å².